The first-order valence-corrected chi connectivity index (χ1v) is 7.98. The minimum Gasteiger partial charge on any atom is -0.355 e. The van der Waals surface area contributed by atoms with Crippen molar-refractivity contribution in [1.29, 1.82) is 0 Å². The molecule has 1 N–H and O–H groups in total. The van der Waals surface area contributed by atoms with Crippen LogP contribution in [-0.2, 0) is 13.5 Å². The second-order valence-electron chi connectivity index (χ2n) is 5.40. The van der Waals surface area contributed by atoms with Crippen molar-refractivity contribution < 1.29 is 0 Å². The molecule has 3 aromatic rings. The molecule has 6 heteroatoms. The van der Waals surface area contributed by atoms with Gasteiger partial charge in [-0.25, -0.2) is 4.98 Å². The minimum atomic E-state index is -0.109. The maximum atomic E-state index is 12.2. The number of nitrogens with zero attached hydrogens (tertiary/aromatic N) is 3. The molecule has 0 aliphatic rings. The van der Waals surface area contributed by atoms with Crippen molar-refractivity contribution in [2.75, 3.05) is 11.9 Å². The number of anilines is 1. The van der Waals surface area contributed by atoms with Gasteiger partial charge in [-0.05, 0) is 36.2 Å². The molecular formula is C18H17ClN4O. The van der Waals surface area contributed by atoms with E-state index in [2.05, 4.69) is 15.3 Å². The summed E-state index contributed by atoms with van der Waals surface area (Å²) in [6.45, 7) is 0.653. The van der Waals surface area contributed by atoms with Gasteiger partial charge >= 0.3 is 0 Å². The van der Waals surface area contributed by atoms with Gasteiger partial charge in [-0.1, -0.05) is 23.7 Å². The van der Waals surface area contributed by atoms with E-state index < -0.39 is 0 Å². The Bertz CT molecular complexity index is 893. The zero-order valence-electron chi connectivity index (χ0n) is 13.2. The fourth-order valence-electron chi connectivity index (χ4n) is 2.38. The van der Waals surface area contributed by atoms with Gasteiger partial charge in [0, 0.05) is 42.6 Å². The molecule has 2 aromatic heterocycles. The lowest BCUT2D eigenvalue weighted by Gasteiger charge is -2.11. The first-order valence-electron chi connectivity index (χ1n) is 7.60. The second kappa shape index (κ2) is 7.27. The molecule has 122 valence electrons. The SMILES string of the molecule is Cn1c(NCCc2cccc(Cl)c2)nc(-c2ccncc2)cc1=O. The van der Waals surface area contributed by atoms with Gasteiger partial charge in [0.05, 0.1) is 5.69 Å². The highest BCUT2D eigenvalue weighted by atomic mass is 35.5. The summed E-state index contributed by atoms with van der Waals surface area (Å²) in [7, 11) is 1.70. The van der Waals surface area contributed by atoms with E-state index in [0.717, 1.165) is 22.6 Å². The molecule has 3 rings (SSSR count). The number of hydrogen-bond donors (Lipinski definition) is 1. The lowest BCUT2D eigenvalue weighted by atomic mass is 10.1. The second-order valence-corrected chi connectivity index (χ2v) is 5.84. The fraction of sp³-hybridized carbons (Fsp3) is 0.167. The Morgan fingerprint density at radius 2 is 1.96 bits per heavy atom. The van der Waals surface area contributed by atoms with Gasteiger partial charge in [-0.3, -0.25) is 14.3 Å². The summed E-state index contributed by atoms with van der Waals surface area (Å²) in [5.41, 5.74) is 2.51. The number of nitrogens with one attached hydrogen (secondary N) is 1. The Balaban J connectivity index is 1.78. The van der Waals surface area contributed by atoms with Crippen molar-refractivity contribution in [3.8, 4) is 11.3 Å². The van der Waals surface area contributed by atoms with Crippen LogP contribution in [0.5, 0.6) is 0 Å². The minimum absolute atomic E-state index is 0.109. The topological polar surface area (TPSA) is 59.8 Å². The number of hydrogen-bond acceptors (Lipinski definition) is 4. The molecular weight excluding hydrogens is 324 g/mol. The molecule has 0 aliphatic carbocycles. The molecule has 0 radical (unpaired) electrons. The van der Waals surface area contributed by atoms with Crippen molar-refractivity contribution in [2.24, 2.45) is 7.05 Å². The number of rotatable bonds is 5. The van der Waals surface area contributed by atoms with Crippen LogP contribution in [0.3, 0.4) is 0 Å². The van der Waals surface area contributed by atoms with Crippen LogP contribution in [0.4, 0.5) is 5.95 Å². The Morgan fingerprint density at radius 3 is 2.71 bits per heavy atom. The number of halogens is 1. The molecule has 0 bridgehead atoms. The smallest absolute Gasteiger partial charge is 0.255 e. The molecule has 0 aliphatic heterocycles. The van der Waals surface area contributed by atoms with Crippen molar-refractivity contribution >= 4 is 17.5 Å². The van der Waals surface area contributed by atoms with E-state index in [1.807, 2.05) is 36.4 Å². The first kappa shape index (κ1) is 16.2. The molecule has 0 spiro atoms. The summed E-state index contributed by atoms with van der Waals surface area (Å²) < 4.78 is 1.50. The normalized spacial score (nSPS) is 10.6. The van der Waals surface area contributed by atoms with Gasteiger partial charge in [-0.15, -0.1) is 0 Å². The van der Waals surface area contributed by atoms with Crippen LogP contribution >= 0.6 is 11.6 Å². The number of benzene rings is 1. The average molecular weight is 341 g/mol. The first-order chi connectivity index (χ1) is 11.6. The van der Waals surface area contributed by atoms with E-state index in [0.29, 0.717) is 18.2 Å². The summed E-state index contributed by atoms with van der Waals surface area (Å²) in [5.74, 6) is 0.538. The zero-order valence-corrected chi connectivity index (χ0v) is 14.0. The van der Waals surface area contributed by atoms with Gasteiger partial charge in [0.1, 0.15) is 0 Å². The van der Waals surface area contributed by atoms with Crippen LogP contribution in [0.15, 0.2) is 59.7 Å². The summed E-state index contributed by atoms with van der Waals surface area (Å²) in [4.78, 5) is 20.7. The highest BCUT2D eigenvalue weighted by molar-refractivity contribution is 6.30. The van der Waals surface area contributed by atoms with Crippen LogP contribution in [0.25, 0.3) is 11.3 Å². The van der Waals surface area contributed by atoms with Gasteiger partial charge < -0.3 is 5.32 Å². The maximum Gasteiger partial charge on any atom is 0.255 e. The summed E-state index contributed by atoms with van der Waals surface area (Å²) in [6.07, 6.45) is 4.15. The van der Waals surface area contributed by atoms with E-state index in [4.69, 9.17) is 11.6 Å². The summed E-state index contributed by atoms with van der Waals surface area (Å²) >= 11 is 5.99. The Morgan fingerprint density at radius 1 is 1.17 bits per heavy atom. The van der Waals surface area contributed by atoms with Crippen molar-refractivity contribution in [3.05, 3.63) is 75.8 Å². The highest BCUT2D eigenvalue weighted by Crippen LogP contribution is 2.16. The van der Waals surface area contributed by atoms with Crippen LogP contribution in [0.1, 0.15) is 5.56 Å². The molecule has 0 saturated carbocycles. The van der Waals surface area contributed by atoms with E-state index in [9.17, 15) is 4.79 Å². The average Bonchev–Trinajstić information content (AvgIpc) is 2.59. The lowest BCUT2D eigenvalue weighted by Crippen LogP contribution is -2.22. The molecule has 5 nitrogen and oxygen atoms in total. The number of pyridine rings is 1. The third-order valence-electron chi connectivity index (χ3n) is 3.70. The quantitative estimate of drug-likeness (QED) is 0.775. The largest absolute Gasteiger partial charge is 0.355 e. The summed E-state index contributed by atoms with van der Waals surface area (Å²) in [6, 6.07) is 12.9. The van der Waals surface area contributed by atoms with E-state index in [1.54, 1.807) is 19.4 Å². The third kappa shape index (κ3) is 3.81. The van der Waals surface area contributed by atoms with Crippen molar-refractivity contribution in [2.45, 2.75) is 6.42 Å². The van der Waals surface area contributed by atoms with Gasteiger partial charge in [0.15, 0.2) is 0 Å². The monoisotopic (exact) mass is 340 g/mol. The highest BCUT2D eigenvalue weighted by Gasteiger charge is 2.07. The number of aromatic nitrogens is 3. The predicted molar refractivity (Wildman–Crippen MR) is 96.4 cm³/mol. The van der Waals surface area contributed by atoms with Crippen LogP contribution in [0.2, 0.25) is 5.02 Å². The van der Waals surface area contributed by atoms with Crippen molar-refractivity contribution in [3.63, 3.8) is 0 Å². The van der Waals surface area contributed by atoms with Gasteiger partial charge in [0.25, 0.3) is 5.56 Å². The molecule has 1 aromatic carbocycles. The maximum absolute atomic E-state index is 12.2. The molecule has 2 heterocycles. The van der Waals surface area contributed by atoms with Crippen LogP contribution in [0, 0.1) is 0 Å². The Kier molecular flexibility index (Phi) is 4.91. The predicted octanol–water partition coefficient (Wildman–Crippen LogP) is 3.15. The van der Waals surface area contributed by atoms with Crippen LogP contribution in [-0.4, -0.2) is 21.1 Å². The molecule has 24 heavy (non-hydrogen) atoms. The molecule has 0 unspecified atom stereocenters. The summed E-state index contributed by atoms with van der Waals surface area (Å²) in [5, 5.41) is 3.95. The van der Waals surface area contributed by atoms with Gasteiger partial charge in [0.2, 0.25) is 5.95 Å². The molecule has 0 fully saturated rings. The van der Waals surface area contributed by atoms with E-state index in [-0.39, 0.29) is 5.56 Å². The molecule has 0 amide bonds. The molecule has 0 saturated heterocycles. The fourth-order valence-corrected chi connectivity index (χ4v) is 2.59. The van der Waals surface area contributed by atoms with Crippen LogP contribution < -0.4 is 10.9 Å². The Hall–Kier alpha value is -2.66. The van der Waals surface area contributed by atoms with E-state index in [1.165, 1.54) is 10.6 Å². The lowest BCUT2D eigenvalue weighted by molar-refractivity contribution is 0.819. The Labute approximate surface area is 145 Å². The molecule has 0 atom stereocenters. The third-order valence-corrected chi connectivity index (χ3v) is 3.93. The van der Waals surface area contributed by atoms with Gasteiger partial charge in [-0.2, -0.15) is 0 Å². The van der Waals surface area contributed by atoms with Crippen molar-refractivity contribution in [1.82, 2.24) is 14.5 Å². The van der Waals surface area contributed by atoms with E-state index >= 15 is 0 Å². The zero-order chi connectivity index (χ0) is 16.9. The standard InChI is InChI=1S/C18H17ClN4O/c1-23-17(24)12-16(14-6-8-20-9-7-14)22-18(23)21-10-5-13-3-2-4-15(19)11-13/h2-4,6-9,11-12H,5,10H2,1H3,(H,21,22).